The smallest absolute Gasteiger partial charge is 0.0597 e. The maximum Gasteiger partial charge on any atom is 0.0597 e. The monoisotopic (exact) mass is 263 g/mol. The van der Waals surface area contributed by atoms with E-state index >= 15 is 0 Å². The fourth-order valence-corrected chi connectivity index (χ4v) is 3.35. The van der Waals surface area contributed by atoms with Gasteiger partial charge in [-0.15, -0.1) is 0 Å². The zero-order valence-corrected chi connectivity index (χ0v) is 12.8. The third-order valence-corrected chi connectivity index (χ3v) is 4.29. The van der Waals surface area contributed by atoms with Crippen molar-refractivity contribution < 1.29 is 0 Å². The highest BCUT2D eigenvalue weighted by Crippen LogP contribution is 2.34. The van der Waals surface area contributed by atoms with E-state index in [2.05, 4.69) is 41.9 Å². The van der Waals surface area contributed by atoms with Crippen molar-refractivity contribution in [1.82, 2.24) is 15.1 Å². The van der Waals surface area contributed by atoms with Crippen LogP contribution in [-0.2, 0) is 6.54 Å². The van der Waals surface area contributed by atoms with Crippen LogP contribution in [0.5, 0.6) is 0 Å². The highest BCUT2D eigenvalue weighted by Gasteiger charge is 2.27. The van der Waals surface area contributed by atoms with Crippen LogP contribution in [0.3, 0.4) is 0 Å². The van der Waals surface area contributed by atoms with Gasteiger partial charge in [-0.1, -0.05) is 26.2 Å². The second kappa shape index (κ2) is 7.09. The summed E-state index contributed by atoms with van der Waals surface area (Å²) in [7, 11) is 0. The molecule has 1 N–H and O–H groups in total. The Balaban J connectivity index is 2.19. The van der Waals surface area contributed by atoms with Gasteiger partial charge in [0, 0.05) is 6.54 Å². The highest BCUT2D eigenvalue weighted by molar-refractivity contribution is 5.14. The Morgan fingerprint density at radius 2 is 2.05 bits per heavy atom. The van der Waals surface area contributed by atoms with Crippen LogP contribution in [0.2, 0.25) is 0 Å². The molecule has 1 unspecified atom stereocenters. The molecule has 1 heterocycles. The van der Waals surface area contributed by atoms with E-state index in [9.17, 15) is 0 Å². The molecule has 1 fully saturated rings. The van der Waals surface area contributed by atoms with Gasteiger partial charge in [0.15, 0.2) is 0 Å². The van der Waals surface area contributed by atoms with Crippen molar-refractivity contribution in [3.63, 3.8) is 0 Å². The summed E-state index contributed by atoms with van der Waals surface area (Å²) in [5, 5.41) is 8.41. The van der Waals surface area contributed by atoms with Gasteiger partial charge in [0.05, 0.1) is 17.4 Å². The van der Waals surface area contributed by atoms with Crippen LogP contribution in [0.4, 0.5) is 0 Å². The molecule has 19 heavy (non-hydrogen) atoms. The van der Waals surface area contributed by atoms with Gasteiger partial charge in [0.2, 0.25) is 0 Å². The van der Waals surface area contributed by atoms with Crippen LogP contribution in [0.1, 0.15) is 69.8 Å². The van der Waals surface area contributed by atoms with Gasteiger partial charge in [-0.2, -0.15) is 5.10 Å². The number of aromatic nitrogens is 2. The molecule has 1 saturated carbocycles. The Hall–Kier alpha value is -0.830. The first-order valence-electron chi connectivity index (χ1n) is 8.04. The van der Waals surface area contributed by atoms with Gasteiger partial charge in [0.1, 0.15) is 0 Å². The zero-order chi connectivity index (χ0) is 13.7. The molecular weight excluding hydrogens is 234 g/mol. The van der Waals surface area contributed by atoms with E-state index in [4.69, 9.17) is 0 Å². The Morgan fingerprint density at radius 1 is 1.32 bits per heavy atom. The molecule has 0 saturated heterocycles. The molecule has 1 aliphatic carbocycles. The predicted molar refractivity (Wildman–Crippen MR) is 80.2 cm³/mol. The number of aryl methyl sites for hydroxylation is 2. The van der Waals surface area contributed by atoms with Crippen molar-refractivity contribution in [2.75, 3.05) is 6.54 Å². The maximum atomic E-state index is 4.63. The molecule has 0 spiro atoms. The lowest BCUT2D eigenvalue weighted by molar-refractivity contribution is 0.261. The van der Waals surface area contributed by atoms with Crippen LogP contribution >= 0.6 is 0 Å². The Bertz CT molecular complexity index is 377. The highest BCUT2D eigenvalue weighted by atomic mass is 15.3. The standard InChI is InChI=1S/C16H29N3/c1-4-11-17-16(14-9-7-6-8-10-14)15-12-13(3)18-19(15)5-2/h12,14,16-17H,4-11H2,1-3H3. The minimum Gasteiger partial charge on any atom is -0.308 e. The van der Waals surface area contributed by atoms with Crippen LogP contribution < -0.4 is 5.32 Å². The maximum absolute atomic E-state index is 4.63. The number of rotatable bonds is 6. The summed E-state index contributed by atoms with van der Waals surface area (Å²) in [5.74, 6) is 0.793. The van der Waals surface area contributed by atoms with Crippen molar-refractivity contribution >= 4 is 0 Å². The number of nitrogens with zero attached hydrogens (tertiary/aromatic N) is 2. The van der Waals surface area contributed by atoms with E-state index in [1.807, 2.05) is 0 Å². The normalized spacial score (nSPS) is 18.7. The van der Waals surface area contributed by atoms with Crippen LogP contribution in [0, 0.1) is 12.8 Å². The summed E-state index contributed by atoms with van der Waals surface area (Å²) < 4.78 is 2.19. The third kappa shape index (κ3) is 3.59. The molecular formula is C16H29N3. The van der Waals surface area contributed by atoms with Gasteiger partial charge in [-0.05, 0) is 51.6 Å². The summed E-state index contributed by atoms with van der Waals surface area (Å²) in [5.41, 5.74) is 2.55. The summed E-state index contributed by atoms with van der Waals surface area (Å²) >= 11 is 0. The molecule has 1 aromatic heterocycles. The molecule has 0 aliphatic heterocycles. The molecule has 3 nitrogen and oxygen atoms in total. The van der Waals surface area contributed by atoms with Gasteiger partial charge in [-0.3, -0.25) is 4.68 Å². The van der Waals surface area contributed by atoms with Gasteiger partial charge in [-0.25, -0.2) is 0 Å². The number of nitrogens with one attached hydrogen (secondary N) is 1. The van der Waals surface area contributed by atoms with E-state index in [0.717, 1.165) is 24.7 Å². The topological polar surface area (TPSA) is 29.9 Å². The van der Waals surface area contributed by atoms with Crippen molar-refractivity contribution in [1.29, 1.82) is 0 Å². The van der Waals surface area contributed by atoms with E-state index in [1.54, 1.807) is 0 Å². The SMILES string of the molecule is CCCNC(c1cc(C)nn1CC)C1CCCCC1. The van der Waals surface area contributed by atoms with Crippen molar-refractivity contribution in [2.24, 2.45) is 5.92 Å². The van der Waals surface area contributed by atoms with Gasteiger partial charge in [0.25, 0.3) is 0 Å². The first-order valence-corrected chi connectivity index (χ1v) is 8.04. The Kier molecular flexibility index (Phi) is 5.44. The van der Waals surface area contributed by atoms with Crippen molar-refractivity contribution in [3.8, 4) is 0 Å². The second-order valence-electron chi connectivity index (χ2n) is 5.86. The Morgan fingerprint density at radius 3 is 2.68 bits per heavy atom. The molecule has 0 radical (unpaired) electrons. The molecule has 2 rings (SSSR count). The molecule has 1 aromatic rings. The average molecular weight is 263 g/mol. The first-order chi connectivity index (χ1) is 9.26. The van der Waals surface area contributed by atoms with Crippen molar-refractivity contribution in [3.05, 3.63) is 17.5 Å². The molecule has 0 amide bonds. The fraction of sp³-hybridized carbons (Fsp3) is 0.812. The quantitative estimate of drug-likeness (QED) is 0.845. The molecule has 3 heteroatoms. The minimum atomic E-state index is 0.501. The lowest BCUT2D eigenvalue weighted by Gasteiger charge is -2.31. The zero-order valence-electron chi connectivity index (χ0n) is 12.8. The molecule has 1 atom stereocenters. The molecule has 1 aliphatic rings. The van der Waals surface area contributed by atoms with Crippen LogP contribution in [0.25, 0.3) is 0 Å². The lowest BCUT2D eigenvalue weighted by Crippen LogP contribution is -2.32. The summed E-state index contributed by atoms with van der Waals surface area (Å²) in [6.45, 7) is 8.61. The van der Waals surface area contributed by atoms with E-state index in [-0.39, 0.29) is 0 Å². The number of hydrogen-bond donors (Lipinski definition) is 1. The number of hydrogen-bond acceptors (Lipinski definition) is 2. The summed E-state index contributed by atoms with van der Waals surface area (Å²) in [6, 6.07) is 2.78. The molecule has 108 valence electrons. The molecule has 0 bridgehead atoms. The lowest BCUT2D eigenvalue weighted by atomic mass is 9.82. The third-order valence-electron chi connectivity index (χ3n) is 4.29. The average Bonchev–Trinajstić information content (AvgIpc) is 2.81. The summed E-state index contributed by atoms with van der Waals surface area (Å²) in [4.78, 5) is 0. The van der Waals surface area contributed by atoms with E-state index in [1.165, 1.54) is 44.2 Å². The van der Waals surface area contributed by atoms with Crippen LogP contribution in [0.15, 0.2) is 6.07 Å². The fourth-order valence-electron chi connectivity index (χ4n) is 3.35. The summed E-state index contributed by atoms with van der Waals surface area (Å²) in [6.07, 6.45) is 8.15. The van der Waals surface area contributed by atoms with Gasteiger partial charge < -0.3 is 5.32 Å². The largest absolute Gasteiger partial charge is 0.308 e. The van der Waals surface area contributed by atoms with E-state index in [0.29, 0.717) is 6.04 Å². The molecule has 0 aromatic carbocycles. The minimum absolute atomic E-state index is 0.501. The predicted octanol–water partition coefficient (Wildman–Crippen LogP) is 3.83. The van der Waals surface area contributed by atoms with E-state index < -0.39 is 0 Å². The Labute approximate surface area is 117 Å². The van der Waals surface area contributed by atoms with Crippen LogP contribution in [-0.4, -0.2) is 16.3 Å². The van der Waals surface area contributed by atoms with Gasteiger partial charge >= 0.3 is 0 Å². The first kappa shape index (κ1) is 14.6. The second-order valence-corrected chi connectivity index (χ2v) is 5.86. The van der Waals surface area contributed by atoms with Crippen molar-refractivity contribution in [2.45, 2.75) is 71.9 Å².